The molecular formula is C20H16N2O3. The lowest BCUT2D eigenvalue weighted by molar-refractivity contribution is 0.0728. The number of aryl methyl sites for hydroxylation is 1. The first kappa shape index (κ1) is 16.4. The zero-order chi connectivity index (χ0) is 17.6. The van der Waals surface area contributed by atoms with Crippen molar-refractivity contribution in [2.45, 2.75) is 6.92 Å². The van der Waals surface area contributed by atoms with Crippen molar-refractivity contribution in [1.82, 2.24) is 4.98 Å². The van der Waals surface area contributed by atoms with Gasteiger partial charge in [-0.15, -0.1) is 0 Å². The summed E-state index contributed by atoms with van der Waals surface area (Å²) in [5.41, 5.74) is 2.06. The molecule has 0 saturated heterocycles. The van der Waals surface area contributed by atoms with Crippen LogP contribution in [0.4, 0.5) is 5.69 Å². The van der Waals surface area contributed by atoms with Crippen LogP contribution in [-0.4, -0.2) is 16.9 Å². The second-order valence-corrected chi connectivity index (χ2v) is 5.40. The number of ether oxygens (including phenoxy) is 1. The molecule has 1 N–H and O–H groups in total. The highest BCUT2D eigenvalue weighted by atomic mass is 16.5. The van der Waals surface area contributed by atoms with E-state index in [9.17, 15) is 9.59 Å². The molecule has 0 spiro atoms. The van der Waals surface area contributed by atoms with Crippen molar-refractivity contribution in [2.24, 2.45) is 0 Å². The van der Waals surface area contributed by atoms with Crippen molar-refractivity contribution in [1.29, 1.82) is 0 Å². The monoisotopic (exact) mass is 332 g/mol. The molecule has 1 amide bonds. The molecule has 0 atom stereocenters. The minimum Gasteiger partial charge on any atom is -0.422 e. The van der Waals surface area contributed by atoms with Gasteiger partial charge in [-0.1, -0.05) is 30.3 Å². The third-order valence-corrected chi connectivity index (χ3v) is 3.44. The highest BCUT2D eigenvalue weighted by molar-refractivity contribution is 6.04. The number of carbonyl (C=O) groups excluding carboxylic acids is 2. The van der Waals surface area contributed by atoms with Gasteiger partial charge in [0.1, 0.15) is 11.4 Å². The molecule has 0 aliphatic heterocycles. The van der Waals surface area contributed by atoms with E-state index in [2.05, 4.69) is 10.3 Å². The first-order valence-electron chi connectivity index (χ1n) is 7.74. The van der Waals surface area contributed by atoms with Crippen LogP contribution in [0.25, 0.3) is 0 Å². The van der Waals surface area contributed by atoms with Gasteiger partial charge >= 0.3 is 5.97 Å². The van der Waals surface area contributed by atoms with Crippen molar-refractivity contribution >= 4 is 17.6 Å². The van der Waals surface area contributed by atoms with Crippen LogP contribution in [-0.2, 0) is 0 Å². The highest BCUT2D eigenvalue weighted by Gasteiger charge is 2.11. The molecular weight excluding hydrogens is 316 g/mol. The molecule has 0 radical (unpaired) electrons. The zero-order valence-electron chi connectivity index (χ0n) is 13.6. The summed E-state index contributed by atoms with van der Waals surface area (Å²) in [5, 5.41) is 2.77. The van der Waals surface area contributed by atoms with Crippen molar-refractivity contribution < 1.29 is 14.3 Å². The molecule has 25 heavy (non-hydrogen) atoms. The number of anilines is 1. The number of nitrogens with zero attached hydrogens (tertiary/aromatic N) is 1. The average Bonchev–Trinajstić information content (AvgIpc) is 2.63. The van der Waals surface area contributed by atoms with E-state index in [4.69, 9.17) is 4.74 Å². The van der Waals surface area contributed by atoms with E-state index < -0.39 is 5.97 Å². The topological polar surface area (TPSA) is 68.3 Å². The average molecular weight is 332 g/mol. The minimum absolute atomic E-state index is 0.232. The summed E-state index contributed by atoms with van der Waals surface area (Å²) in [6, 6.07) is 20.7. The number of esters is 1. The van der Waals surface area contributed by atoms with Gasteiger partial charge in [-0.3, -0.25) is 4.79 Å². The summed E-state index contributed by atoms with van der Waals surface area (Å²) in [7, 11) is 0. The molecule has 124 valence electrons. The van der Waals surface area contributed by atoms with E-state index in [-0.39, 0.29) is 11.6 Å². The summed E-state index contributed by atoms with van der Waals surface area (Å²) in [6.45, 7) is 1.80. The fourth-order valence-electron chi connectivity index (χ4n) is 2.25. The van der Waals surface area contributed by atoms with Gasteiger partial charge < -0.3 is 10.1 Å². The van der Waals surface area contributed by atoms with Crippen molar-refractivity contribution in [2.75, 3.05) is 5.32 Å². The maximum Gasteiger partial charge on any atom is 0.362 e. The lowest BCUT2D eigenvalue weighted by atomic mass is 10.2. The van der Waals surface area contributed by atoms with Crippen LogP contribution in [0.15, 0.2) is 72.8 Å². The number of benzene rings is 2. The Labute approximate surface area is 145 Å². The Morgan fingerprint density at radius 1 is 0.920 bits per heavy atom. The molecule has 2 aromatic carbocycles. The Bertz CT molecular complexity index is 908. The molecule has 0 aliphatic carbocycles. The normalized spacial score (nSPS) is 10.1. The predicted octanol–water partition coefficient (Wildman–Crippen LogP) is 3.86. The molecule has 0 saturated carbocycles. The standard InChI is InChI=1S/C20H16N2O3/c1-14-7-5-12-18(21-14)20(24)25-17-11-6-10-16(13-17)22-19(23)15-8-3-2-4-9-15/h2-13H,1H3,(H,22,23). The summed E-state index contributed by atoms with van der Waals surface area (Å²) >= 11 is 0. The van der Waals surface area contributed by atoms with Crippen molar-refractivity contribution in [3.63, 3.8) is 0 Å². The number of hydrogen-bond donors (Lipinski definition) is 1. The molecule has 1 aromatic heterocycles. The van der Waals surface area contributed by atoms with Gasteiger partial charge in [0.05, 0.1) is 0 Å². The molecule has 5 nitrogen and oxygen atoms in total. The molecule has 3 rings (SSSR count). The van der Waals surface area contributed by atoms with E-state index in [0.717, 1.165) is 5.69 Å². The first-order chi connectivity index (χ1) is 12.1. The summed E-state index contributed by atoms with van der Waals surface area (Å²) in [5.74, 6) is -0.446. The quantitative estimate of drug-likeness (QED) is 0.582. The molecule has 0 unspecified atom stereocenters. The van der Waals surface area contributed by atoms with Crippen LogP contribution in [0.5, 0.6) is 5.75 Å². The molecule has 0 fully saturated rings. The number of nitrogens with one attached hydrogen (secondary N) is 1. The van der Waals surface area contributed by atoms with E-state index in [1.54, 1.807) is 73.7 Å². The van der Waals surface area contributed by atoms with Crippen molar-refractivity contribution in [3.8, 4) is 5.75 Å². The number of hydrogen-bond acceptors (Lipinski definition) is 4. The van der Waals surface area contributed by atoms with Crippen molar-refractivity contribution in [3.05, 3.63) is 89.7 Å². The number of carbonyl (C=O) groups is 2. The van der Waals surface area contributed by atoms with Gasteiger partial charge in [0, 0.05) is 23.0 Å². The number of rotatable bonds is 4. The Morgan fingerprint density at radius 3 is 2.44 bits per heavy atom. The Morgan fingerprint density at radius 2 is 1.68 bits per heavy atom. The number of aromatic nitrogens is 1. The molecule has 1 heterocycles. The highest BCUT2D eigenvalue weighted by Crippen LogP contribution is 2.19. The Balaban J connectivity index is 1.71. The van der Waals surface area contributed by atoms with Gasteiger partial charge in [-0.2, -0.15) is 0 Å². The van der Waals surface area contributed by atoms with Crippen LogP contribution < -0.4 is 10.1 Å². The van der Waals surface area contributed by atoms with E-state index in [1.165, 1.54) is 0 Å². The van der Waals surface area contributed by atoms with E-state index in [1.807, 2.05) is 6.07 Å². The van der Waals surface area contributed by atoms with Crippen LogP contribution in [0, 0.1) is 6.92 Å². The fraction of sp³-hybridized carbons (Fsp3) is 0.0500. The second kappa shape index (κ2) is 7.40. The fourth-order valence-corrected chi connectivity index (χ4v) is 2.25. The third kappa shape index (κ3) is 4.29. The maximum absolute atomic E-state index is 12.2. The van der Waals surface area contributed by atoms with Gasteiger partial charge in [0.25, 0.3) is 5.91 Å². The largest absolute Gasteiger partial charge is 0.422 e. The van der Waals surface area contributed by atoms with E-state index >= 15 is 0 Å². The van der Waals surface area contributed by atoms with Crippen LogP contribution in [0.3, 0.4) is 0 Å². The van der Waals surface area contributed by atoms with Gasteiger partial charge in [-0.25, -0.2) is 9.78 Å². The summed E-state index contributed by atoms with van der Waals surface area (Å²) in [4.78, 5) is 28.5. The van der Waals surface area contributed by atoms with Gasteiger partial charge in [-0.05, 0) is 43.3 Å². The zero-order valence-corrected chi connectivity index (χ0v) is 13.6. The molecule has 3 aromatic rings. The number of pyridine rings is 1. The number of amides is 1. The lowest BCUT2D eigenvalue weighted by Crippen LogP contribution is -2.13. The SMILES string of the molecule is Cc1cccc(C(=O)Oc2cccc(NC(=O)c3ccccc3)c2)n1. The molecule has 0 bridgehead atoms. The van der Waals surface area contributed by atoms with Gasteiger partial charge in [0.15, 0.2) is 0 Å². The molecule has 0 aliphatic rings. The van der Waals surface area contributed by atoms with E-state index in [0.29, 0.717) is 17.0 Å². The second-order valence-electron chi connectivity index (χ2n) is 5.40. The first-order valence-corrected chi connectivity index (χ1v) is 7.74. The smallest absolute Gasteiger partial charge is 0.362 e. The van der Waals surface area contributed by atoms with Crippen LogP contribution in [0.1, 0.15) is 26.5 Å². The Kier molecular flexibility index (Phi) is 4.85. The molecule has 5 heteroatoms. The third-order valence-electron chi connectivity index (χ3n) is 3.44. The summed E-state index contributed by atoms with van der Waals surface area (Å²) in [6.07, 6.45) is 0. The van der Waals surface area contributed by atoms with Crippen LogP contribution in [0.2, 0.25) is 0 Å². The Hall–Kier alpha value is -3.47. The summed E-state index contributed by atoms with van der Waals surface area (Å²) < 4.78 is 5.33. The minimum atomic E-state index is -0.546. The lowest BCUT2D eigenvalue weighted by Gasteiger charge is -2.08. The van der Waals surface area contributed by atoms with Gasteiger partial charge in [0.2, 0.25) is 0 Å². The maximum atomic E-state index is 12.2. The van der Waals surface area contributed by atoms with Crippen LogP contribution >= 0.6 is 0 Å². The predicted molar refractivity (Wildman–Crippen MR) is 94.8 cm³/mol.